The Hall–Kier alpha value is 1.12. The summed E-state index contributed by atoms with van der Waals surface area (Å²) in [5, 5.41) is 5.04. The molecule has 2 unspecified atom stereocenters. The van der Waals surface area contributed by atoms with Gasteiger partial charge in [-0.2, -0.15) is 0 Å². The van der Waals surface area contributed by atoms with Crippen LogP contribution in [-0.4, -0.2) is 21.8 Å². The van der Waals surface area contributed by atoms with Crippen LogP contribution in [0.1, 0.15) is 34.6 Å². The summed E-state index contributed by atoms with van der Waals surface area (Å²) < 4.78 is 0. The number of hydrogen-bond donors (Lipinski definition) is 0. The van der Waals surface area contributed by atoms with Crippen LogP contribution in [-0.2, 0) is 26.2 Å². The van der Waals surface area contributed by atoms with Gasteiger partial charge in [0.05, 0.1) is 0 Å². The van der Waals surface area contributed by atoms with E-state index in [2.05, 4.69) is 58.9 Å². The molecule has 103 valence electrons. The molecular weight excluding hydrogens is 360 g/mol. The first kappa shape index (κ1) is 24.2. The van der Waals surface area contributed by atoms with Gasteiger partial charge >= 0.3 is 26.2 Å². The molecule has 0 aliphatic heterocycles. The van der Waals surface area contributed by atoms with Crippen LogP contribution in [0.3, 0.4) is 0 Å². The van der Waals surface area contributed by atoms with Gasteiger partial charge < -0.3 is 30.1 Å². The second-order valence-corrected chi connectivity index (χ2v) is 7.67. The molecule has 0 N–H and O–H groups in total. The fourth-order valence-corrected chi connectivity index (χ4v) is 3.04. The van der Waals surface area contributed by atoms with Crippen LogP contribution in [0.25, 0.3) is 5.32 Å². The van der Waals surface area contributed by atoms with Crippen molar-refractivity contribution in [2.45, 2.75) is 51.7 Å². The third kappa shape index (κ3) is 5.63. The Morgan fingerprint density at radius 3 is 1.72 bits per heavy atom. The summed E-state index contributed by atoms with van der Waals surface area (Å²) in [5.41, 5.74) is 1.02. The quantitative estimate of drug-likeness (QED) is 0.456. The van der Waals surface area contributed by atoms with E-state index >= 15 is 0 Å². The van der Waals surface area contributed by atoms with E-state index in [1.165, 1.54) is 10.2 Å². The van der Waals surface area contributed by atoms with E-state index < -0.39 is 0 Å². The largest absolute Gasteiger partial charge is 3.00 e. The molecule has 0 aromatic carbocycles. The van der Waals surface area contributed by atoms with Crippen molar-refractivity contribution >= 4 is 10.2 Å². The Labute approximate surface area is 147 Å². The van der Waals surface area contributed by atoms with Gasteiger partial charge in [0.25, 0.3) is 0 Å². The monoisotopic (exact) mass is 382 g/mol. The first-order valence-electron chi connectivity index (χ1n) is 5.84. The Bertz CT molecular complexity index is 275. The van der Waals surface area contributed by atoms with Crippen LogP contribution in [0.4, 0.5) is 0 Å². The van der Waals surface area contributed by atoms with Gasteiger partial charge in [0.15, 0.2) is 0 Å². The van der Waals surface area contributed by atoms with Crippen LogP contribution in [0.2, 0.25) is 5.54 Å². The van der Waals surface area contributed by atoms with E-state index in [0.29, 0.717) is 11.6 Å². The van der Waals surface area contributed by atoms with E-state index in [1.807, 2.05) is 0 Å². The molecule has 0 bridgehead atoms. The standard InChI is InChI=1S/C13H24NSi.2ClH.Zr/c1-10(15)13(5,12(2,3)4)14-11-8-6-7-9-11;;;/h6-11H,1-5,15H3;2*1H;/q-1;;;+3/p-2. The molecule has 1 radical (unpaired) electrons. The maximum atomic E-state index is 5.04. The van der Waals surface area contributed by atoms with E-state index in [4.69, 9.17) is 5.32 Å². The molecule has 18 heavy (non-hydrogen) atoms. The van der Waals surface area contributed by atoms with Gasteiger partial charge in [0.2, 0.25) is 0 Å². The molecule has 5 heteroatoms. The fraction of sp³-hybridized carbons (Fsp3) is 0.692. The number of hydrogen-bond acceptors (Lipinski definition) is 0. The van der Waals surface area contributed by atoms with Crippen LogP contribution >= 0.6 is 0 Å². The van der Waals surface area contributed by atoms with Gasteiger partial charge in [-0.25, -0.2) is 0 Å². The minimum Gasteiger partial charge on any atom is -1.00 e. The summed E-state index contributed by atoms with van der Waals surface area (Å²) in [6.45, 7) is 11.5. The van der Waals surface area contributed by atoms with Crippen molar-refractivity contribution in [2.75, 3.05) is 0 Å². The zero-order valence-corrected chi connectivity index (χ0v) is 18.1. The molecule has 2 atom stereocenters. The van der Waals surface area contributed by atoms with Crippen LogP contribution in [0.5, 0.6) is 0 Å². The smallest absolute Gasteiger partial charge is 1.00 e. The summed E-state index contributed by atoms with van der Waals surface area (Å²) in [6.07, 6.45) is 8.53. The van der Waals surface area contributed by atoms with Crippen molar-refractivity contribution in [3.63, 3.8) is 0 Å². The SMILES string of the molecule is CC([SiH3])C(C)([N-]C1C=CC=C1)C(C)(C)C.[Cl-].[Cl-].[Zr+3]. The Morgan fingerprint density at radius 2 is 1.44 bits per heavy atom. The third-order valence-corrected chi connectivity index (χ3v) is 4.91. The zero-order chi connectivity index (χ0) is 11.7. The van der Waals surface area contributed by atoms with E-state index in [-0.39, 0.29) is 62.0 Å². The minimum absolute atomic E-state index is 0. The summed E-state index contributed by atoms with van der Waals surface area (Å²) in [4.78, 5) is 0. The summed E-state index contributed by atoms with van der Waals surface area (Å²) in [7, 11) is 1.20. The Kier molecular flexibility index (Phi) is 12.3. The topological polar surface area (TPSA) is 14.1 Å². The first-order valence-corrected chi connectivity index (χ1v) is 7.00. The van der Waals surface area contributed by atoms with Gasteiger partial charge in [0.1, 0.15) is 0 Å². The third-order valence-electron chi connectivity index (χ3n) is 3.79. The second-order valence-electron chi connectivity index (χ2n) is 5.94. The number of nitrogens with zero attached hydrogens (tertiary/aromatic N) is 1. The average Bonchev–Trinajstić information content (AvgIpc) is 2.54. The molecule has 1 nitrogen and oxygen atoms in total. The Balaban J connectivity index is -0.000000750. The summed E-state index contributed by atoms with van der Waals surface area (Å²) >= 11 is 0. The van der Waals surface area contributed by atoms with Gasteiger partial charge in [-0.15, -0.1) is 5.54 Å². The van der Waals surface area contributed by atoms with Crippen LogP contribution in [0, 0.1) is 5.41 Å². The first-order chi connectivity index (χ1) is 6.77. The molecule has 0 aromatic rings. The van der Waals surface area contributed by atoms with Crippen molar-refractivity contribution in [3.8, 4) is 0 Å². The minimum atomic E-state index is 0. The summed E-state index contributed by atoms with van der Waals surface area (Å²) in [5.74, 6) is 0. The van der Waals surface area contributed by atoms with Gasteiger partial charge in [0, 0.05) is 10.2 Å². The normalized spacial score (nSPS) is 19.4. The van der Waals surface area contributed by atoms with Crippen molar-refractivity contribution in [2.24, 2.45) is 5.41 Å². The molecular formula is C13H24Cl2NSiZr. The maximum absolute atomic E-state index is 5.04. The fourth-order valence-electron chi connectivity index (χ4n) is 2.02. The number of halogens is 2. The maximum Gasteiger partial charge on any atom is 3.00 e. The average molecular weight is 385 g/mol. The van der Waals surface area contributed by atoms with Crippen LogP contribution < -0.4 is 24.8 Å². The van der Waals surface area contributed by atoms with Gasteiger partial charge in [-0.1, -0.05) is 75.9 Å². The van der Waals surface area contributed by atoms with E-state index in [0.717, 1.165) is 0 Å². The second kappa shape index (κ2) is 9.13. The number of allylic oxidation sites excluding steroid dienone is 2. The molecule has 0 heterocycles. The van der Waals surface area contributed by atoms with Crippen molar-refractivity contribution < 1.29 is 51.0 Å². The van der Waals surface area contributed by atoms with Gasteiger partial charge in [-0.05, 0) is 0 Å². The predicted molar refractivity (Wildman–Crippen MR) is 72.7 cm³/mol. The molecule has 1 aliphatic carbocycles. The Morgan fingerprint density at radius 1 is 1.06 bits per heavy atom. The van der Waals surface area contributed by atoms with Crippen molar-refractivity contribution in [1.82, 2.24) is 0 Å². The zero-order valence-electron chi connectivity index (χ0n) is 12.2. The molecule has 1 aliphatic rings. The molecule has 0 spiro atoms. The molecule has 0 fully saturated rings. The van der Waals surface area contributed by atoms with E-state index in [1.54, 1.807) is 0 Å². The van der Waals surface area contributed by atoms with E-state index in [9.17, 15) is 0 Å². The molecule has 1 rings (SSSR count). The molecule has 0 saturated carbocycles. The number of rotatable bonds is 3. The molecule has 0 aromatic heterocycles. The van der Waals surface area contributed by atoms with Crippen LogP contribution in [0.15, 0.2) is 24.3 Å². The predicted octanol–water partition coefficient (Wildman–Crippen LogP) is -3.16. The van der Waals surface area contributed by atoms with Crippen molar-refractivity contribution in [1.29, 1.82) is 0 Å². The molecule has 0 saturated heterocycles. The van der Waals surface area contributed by atoms with Gasteiger partial charge in [-0.3, -0.25) is 0 Å². The summed E-state index contributed by atoms with van der Waals surface area (Å²) in [6, 6.07) is 0.297. The molecule has 0 amide bonds. The van der Waals surface area contributed by atoms with Crippen molar-refractivity contribution in [3.05, 3.63) is 29.6 Å².